The third kappa shape index (κ3) is 3.02. The molecule has 72 valence electrons. The molecule has 13 heavy (non-hydrogen) atoms. The third-order valence-corrected chi connectivity index (χ3v) is 1.65. The fraction of sp³-hybridized carbons (Fsp3) is 0.333. The Morgan fingerprint density at radius 3 is 2.15 bits per heavy atom. The predicted molar refractivity (Wildman–Crippen MR) is 57.2 cm³/mol. The van der Waals surface area contributed by atoms with E-state index in [9.17, 15) is 4.39 Å². The molecule has 0 saturated carbocycles. The van der Waals surface area contributed by atoms with E-state index < -0.39 is 0 Å². The van der Waals surface area contributed by atoms with Crippen LogP contribution in [0.25, 0.3) is 5.57 Å². The normalized spacial score (nSPS) is 8.69. The fourth-order valence-corrected chi connectivity index (χ4v) is 1.17. The van der Waals surface area contributed by atoms with Gasteiger partial charge in [0.15, 0.2) is 0 Å². The van der Waals surface area contributed by atoms with Crippen LogP contribution in [0.5, 0.6) is 0 Å². The van der Waals surface area contributed by atoms with Crippen LogP contribution >= 0.6 is 0 Å². The van der Waals surface area contributed by atoms with Gasteiger partial charge >= 0.3 is 0 Å². The summed E-state index contributed by atoms with van der Waals surface area (Å²) in [5, 5.41) is 0. The van der Waals surface area contributed by atoms with Crippen molar-refractivity contribution in [3.8, 4) is 0 Å². The van der Waals surface area contributed by atoms with E-state index in [-0.39, 0.29) is 5.82 Å². The summed E-state index contributed by atoms with van der Waals surface area (Å²) in [4.78, 5) is 0. The molecule has 1 heteroatoms. The second kappa shape index (κ2) is 5.52. The van der Waals surface area contributed by atoms with Crippen molar-refractivity contribution >= 4 is 5.57 Å². The molecule has 0 saturated heterocycles. The van der Waals surface area contributed by atoms with Crippen molar-refractivity contribution in [1.29, 1.82) is 0 Å². The van der Waals surface area contributed by atoms with Crippen molar-refractivity contribution in [2.45, 2.75) is 27.7 Å². The molecule has 0 spiro atoms. The van der Waals surface area contributed by atoms with E-state index in [0.717, 1.165) is 11.1 Å². The average Bonchev–Trinajstić information content (AvgIpc) is 2.07. The lowest BCUT2D eigenvalue weighted by Gasteiger charge is -2.04. The van der Waals surface area contributed by atoms with Crippen molar-refractivity contribution in [2.24, 2.45) is 0 Å². The molecule has 0 unspecified atom stereocenters. The van der Waals surface area contributed by atoms with E-state index in [4.69, 9.17) is 0 Å². The lowest BCUT2D eigenvalue weighted by Crippen LogP contribution is -1.89. The summed E-state index contributed by atoms with van der Waals surface area (Å²) < 4.78 is 13.0. The number of allylic oxidation sites excluding steroid dienone is 1. The molecule has 0 N–H and O–H groups in total. The van der Waals surface area contributed by atoms with E-state index >= 15 is 0 Å². The van der Waals surface area contributed by atoms with E-state index in [1.807, 2.05) is 33.8 Å². The topological polar surface area (TPSA) is 0 Å². The van der Waals surface area contributed by atoms with Gasteiger partial charge in [0.1, 0.15) is 5.82 Å². The number of benzene rings is 1. The summed E-state index contributed by atoms with van der Waals surface area (Å²) >= 11 is 0. The first kappa shape index (κ1) is 11.9. The Balaban J connectivity index is 0.000000671. The smallest absolute Gasteiger partial charge is 0.130 e. The van der Waals surface area contributed by atoms with Crippen molar-refractivity contribution in [3.63, 3.8) is 0 Å². The first-order chi connectivity index (χ1) is 6.13. The molecular weight excluding hydrogens is 163 g/mol. The van der Waals surface area contributed by atoms with Gasteiger partial charge in [-0.3, -0.25) is 0 Å². The Kier molecular flexibility index (Phi) is 5.05. The maximum Gasteiger partial charge on any atom is 0.130 e. The van der Waals surface area contributed by atoms with Gasteiger partial charge in [0.25, 0.3) is 0 Å². The van der Waals surface area contributed by atoms with Gasteiger partial charge in [0.05, 0.1) is 0 Å². The average molecular weight is 180 g/mol. The summed E-state index contributed by atoms with van der Waals surface area (Å²) in [6.45, 7) is 11.4. The van der Waals surface area contributed by atoms with Gasteiger partial charge in [-0.1, -0.05) is 32.6 Å². The van der Waals surface area contributed by atoms with Crippen LogP contribution in [0.1, 0.15) is 31.9 Å². The number of halogens is 1. The second-order valence-electron chi connectivity index (χ2n) is 2.71. The number of hydrogen-bond donors (Lipinski definition) is 0. The van der Waals surface area contributed by atoms with Crippen molar-refractivity contribution < 1.29 is 4.39 Å². The molecule has 1 aromatic rings. The van der Waals surface area contributed by atoms with Gasteiger partial charge < -0.3 is 0 Å². The van der Waals surface area contributed by atoms with Crippen LogP contribution in [0.15, 0.2) is 24.8 Å². The molecular formula is C12H17F. The van der Waals surface area contributed by atoms with Gasteiger partial charge in [-0.2, -0.15) is 0 Å². The Hall–Kier alpha value is -1.11. The lowest BCUT2D eigenvalue weighted by atomic mass is 10.0. The highest BCUT2D eigenvalue weighted by molar-refractivity contribution is 5.64. The number of hydrogen-bond acceptors (Lipinski definition) is 0. The first-order valence-corrected chi connectivity index (χ1v) is 4.54. The van der Waals surface area contributed by atoms with Crippen molar-refractivity contribution in [1.82, 2.24) is 0 Å². The molecule has 0 atom stereocenters. The molecule has 0 aliphatic carbocycles. The monoisotopic (exact) mass is 180 g/mol. The summed E-state index contributed by atoms with van der Waals surface area (Å²) in [7, 11) is 0. The van der Waals surface area contributed by atoms with Crippen LogP contribution in [0, 0.1) is 12.7 Å². The zero-order valence-electron chi connectivity index (χ0n) is 8.82. The van der Waals surface area contributed by atoms with E-state index in [0.29, 0.717) is 5.56 Å². The highest BCUT2D eigenvalue weighted by atomic mass is 19.1. The summed E-state index contributed by atoms with van der Waals surface area (Å²) in [6.07, 6.45) is 0. The molecule has 1 rings (SSSR count). The second-order valence-corrected chi connectivity index (χ2v) is 2.71. The predicted octanol–water partition coefficient (Wildman–Crippen LogP) is 4.19. The molecule has 0 aliphatic rings. The molecule has 0 bridgehead atoms. The van der Waals surface area contributed by atoms with Crippen LogP contribution in [-0.2, 0) is 0 Å². The molecule has 1 aromatic carbocycles. The van der Waals surface area contributed by atoms with Gasteiger partial charge in [-0.25, -0.2) is 4.39 Å². The van der Waals surface area contributed by atoms with Crippen LogP contribution in [0.4, 0.5) is 4.39 Å². The zero-order chi connectivity index (χ0) is 10.4. The Morgan fingerprint density at radius 1 is 1.31 bits per heavy atom. The highest BCUT2D eigenvalue weighted by Gasteiger charge is 2.03. The van der Waals surface area contributed by atoms with E-state index in [1.54, 1.807) is 6.07 Å². The van der Waals surface area contributed by atoms with Gasteiger partial charge in [0.2, 0.25) is 0 Å². The molecule has 0 amide bonds. The molecule has 0 fully saturated rings. The SMILES string of the molecule is C=C(C)c1c(C)cccc1F.CC. The summed E-state index contributed by atoms with van der Waals surface area (Å²) in [6, 6.07) is 5.04. The van der Waals surface area contributed by atoms with Crippen LogP contribution in [-0.4, -0.2) is 0 Å². The molecule has 0 aliphatic heterocycles. The standard InChI is InChI=1S/C10H11F.C2H6/c1-7(2)10-8(3)5-4-6-9(10)11;1-2/h4-6H,1H2,2-3H3;1-2H3. The maximum absolute atomic E-state index is 13.0. The van der Waals surface area contributed by atoms with E-state index in [1.165, 1.54) is 6.07 Å². The summed E-state index contributed by atoms with van der Waals surface area (Å²) in [5.74, 6) is -0.183. The largest absolute Gasteiger partial charge is 0.206 e. The van der Waals surface area contributed by atoms with Crippen molar-refractivity contribution in [2.75, 3.05) is 0 Å². The van der Waals surface area contributed by atoms with Crippen LogP contribution < -0.4 is 0 Å². The third-order valence-electron chi connectivity index (χ3n) is 1.65. The fourth-order valence-electron chi connectivity index (χ4n) is 1.17. The molecule has 0 nitrogen and oxygen atoms in total. The minimum absolute atomic E-state index is 0.183. The Labute approximate surface area is 80.1 Å². The zero-order valence-corrected chi connectivity index (χ0v) is 8.82. The van der Waals surface area contributed by atoms with Gasteiger partial charge in [0, 0.05) is 5.56 Å². The molecule has 0 heterocycles. The Bertz CT molecular complexity index is 267. The lowest BCUT2D eigenvalue weighted by molar-refractivity contribution is 0.622. The maximum atomic E-state index is 13.0. The van der Waals surface area contributed by atoms with Crippen LogP contribution in [0.2, 0.25) is 0 Å². The Morgan fingerprint density at radius 2 is 1.85 bits per heavy atom. The van der Waals surface area contributed by atoms with E-state index in [2.05, 4.69) is 6.58 Å². The van der Waals surface area contributed by atoms with Crippen LogP contribution in [0.3, 0.4) is 0 Å². The number of aryl methyl sites for hydroxylation is 1. The molecule has 0 aromatic heterocycles. The highest BCUT2D eigenvalue weighted by Crippen LogP contribution is 2.19. The minimum atomic E-state index is -0.183. The number of rotatable bonds is 1. The first-order valence-electron chi connectivity index (χ1n) is 4.54. The van der Waals surface area contributed by atoms with Crippen molar-refractivity contribution in [3.05, 3.63) is 41.7 Å². The minimum Gasteiger partial charge on any atom is -0.206 e. The summed E-state index contributed by atoms with van der Waals surface area (Å²) in [5.41, 5.74) is 2.37. The van der Waals surface area contributed by atoms with Gasteiger partial charge in [-0.15, -0.1) is 0 Å². The quantitative estimate of drug-likeness (QED) is 0.607. The molecule has 0 radical (unpaired) electrons. The van der Waals surface area contributed by atoms with Gasteiger partial charge in [-0.05, 0) is 31.1 Å².